The van der Waals surface area contributed by atoms with Crippen LogP contribution in [0.5, 0.6) is 0 Å². The quantitative estimate of drug-likeness (QED) is 0.454. The molecule has 0 amide bonds. The van der Waals surface area contributed by atoms with Crippen LogP contribution in [0, 0.1) is 0 Å². The molecule has 102 valence electrons. The van der Waals surface area contributed by atoms with Gasteiger partial charge in [-0.05, 0) is 0 Å². The third kappa shape index (κ3) is 4.04. The Balaban J connectivity index is 1.91. The van der Waals surface area contributed by atoms with Crippen molar-refractivity contribution >= 4 is 38.1 Å². The number of alkyl halides is 1. The Labute approximate surface area is 129 Å². The molecule has 0 saturated heterocycles. The molecule has 1 unspecified atom stereocenters. The second-order valence-electron chi connectivity index (χ2n) is 4.15. The molecular weight excluding hydrogens is 339 g/mol. The summed E-state index contributed by atoms with van der Waals surface area (Å²) in [5.41, 5.74) is 1.27. The van der Waals surface area contributed by atoms with Gasteiger partial charge >= 0.3 is 129 Å². The van der Waals surface area contributed by atoms with Crippen LogP contribution in [0.25, 0.3) is 0 Å². The molecular formula is C16H13ClO2Se. The molecule has 0 spiro atoms. The third-order valence-corrected chi connectivity index (χ3v) is 5.54. The van der Waals surface area contributed by atoms with Crippen molar-refractivity contribution in [3.05, 3.63) is 71.8 Å². The number of rotatable bonds is 6. The number of ketones is 2. The van der Waals surface area contributed by atoms with Gasteiger partial charge in [-0.3, -0.25) is 0 Å². The first-order valence-electron chi connectivity index (χ1n) is 6.11. The van der Waals surface area contributed by atoms with E-state index in [0.29, 0.717) is 16.4 Å². The Hall–Kier alpha value is -1.41. The van der Waals surface area contributed by atoms with E-state index in [1.165, 1.54) is 0 Å². The molecule has 2 aromatic rings. The zero-order valence-corrected chi connectivity index (χ0v) is 13.1. The second kappa shape index (κ2) is 7.39. The van der Waals surface area contributed by atoms with Crippen molar-refractivity contribution in [3.8, 4) is 0 Å². The molecule has 0 N–H and O–H groups in total. The number of hydrogen-bond acceptors (Lipinski definition) is 2. The number of benzene rings is 2. The van der Waals surface area contributed by atoms with Gasteiger partial charge in [0, 0.05) is 0 Å². The first-order valence-corrected chi connectivity index (χ1v) is 8.75. The van der Waals surface area contributed by atoms with E-state index in [2.05, 4.69) is 0 Å². The van der Waals surface area contributed by atoms with Gasteiger partial charge in [0.2, 0.25) is 0 Å². The van der Waals surface area contributed by atoms with Crippen LogP contribution >= 0.6 is 11.6 Å². The van der Waals surface area contributed by atoms with Crippen molar-refractivity contribution in [3.63, 3.8) is 0 Å². The fourth-order valence-corrected chi connectivity index (χ4v) is 3.70. The van der Waals surface area contributed by atoms with Crippen molar-refractivity contribution < 1.29 is 9.59 Å². The van der Waals surface area contributed by atoms with Crippen LogP contribution in [-0.4, -0.2) is 30.8 Å². The van der Waals surface area contributed by atoms with Crippen LogP contribution < -0.4 is 0 Å². The van der Waals surface area contributed by atoms with Gasteiger partial charge in [0.05, 0.1) is 0 Å². The molecule has 0 bridgehead atoms. The summed E-state index contributed by atoms with van der Waals surface area (Å²) in [6.07, 6.45) is 0. The second-order valence-corrected chi connectivity index (χ2v) is 7.46. The maximum absolute atomic E-state index is 12.1. The maximum atomic E-state index is 12.1. The van der Waals surface area contributed by atoms with Crippen molar-refractivity contribution in [2.45, 2.75) is 9.59 Å². The molecule has 0 fully saturated rings. The Morgan fingerprint density at radius 2 is 1.40 bits per heavy atom. The first kappa shape index (κ1) is 15.0. The predicted molar refractivity (Wildman–Crippen MR) is 81.7 cm³/mol. The standard InChI is InChI=1S/C16H13ClO2Se/c17-16(15(19)13-9-5-2-6-10-13)20-11-14(18)12-7-3-1-4-8-12/h1-10,16H,11H2. The summed E-state index contributed by atoms with van der Waals surface area (Å²) in [7, 11) is 0. The SMILES string of the molecule is O=C(C[Se]C(Cl)C(=O)c1ccccc1)c1ccccc1. The summed E-state index contributed by atoms with van der Waals surface area (Å²) in [6.45, 7) is 0. The molecule has 2 rings (SSSR count). The van der Waals surface area contributed by atoms with Gasteiger partial charge in [0.1, 0.15) is 0 Å². The molecule has 0 heterocycles. The van der Waals surface area contributed by atoms with Crippen molar-refractivity contribution in [2.24, 2.45) is 0 Å². The molecule has 20 heavy (non-hydrogen) atoms. The zero-order chi connectivity index (χ0) is 14.4. The van der Waals surface area contributed by atoms with Gasteiger partial charge in [-0.25, -0.2) is 0 Å². The number of carbonyl (C=O) groups excluding carboxylic acids is 2. The van der Waals surface area contributed by atoms with Crippen LogP contribution in [0.4, 0.5) is 0 Å². The summed E-state index contributed by atoms with van der Waals surface area (Å²) in [5.74, 6) is -0.0646. The topological polar surface area (TPSA) is 34.1 Å². The fraction of sp³-hybridized carbons (Fsp3) is 0.125. The van der Waals surface area contributed by atoms with Crippen molar-refractivity contribution in [1.29, 1.82) is 0 Å². The van der Waals surface area contributed by atoms with E-state index < -0.39 is 4.28 Å². The Kier molecular flexibility index (Phi) is 5.54. The molecule has 0 aliphatic carbocycles. The molecule has 2 nitrogen and oxygen atoms in total. The van der Waals surface area contributed by atoms with Gasteiger partial charge in [-0.15, -0.1) is 0 Å². The Bertz CT molecular complexity index is 584. The van der Waals surface area contributed by atoms with Gasteiger partial charge in [-0.1, -0.05) is 0 Å². The predicted octanol–water partition coefficient (Wildman–Crippen LogP) is 3.44. The van der Waals surface area contributed by atoms with Crippen LogP contribution in [0.1, 0.15) is 20.7 Å². The molecule has 0 aromatic heterocycles. The van der Waals surface area contributed by atoms with Gasteiger partial charge < -0.3 is 0 Å². The zero-order valence-electron chi connectivity index (χ0n) is 10.7. The summed E-state index contributed by atoms with van der Waals surface area (Å²) in [5, 5.41) is 0.337. The van der Waals surface area contributed by atoms with Crippen LogP contribution in [0.2, 0.25) is 5.32 Å². The van der Waals surface area contributed by atoms with Gasteiger partial charge in [0.15, 0.2) is 0 Å². The van der Waals surface area contributed by atoms with E-state index in [1.54, 1.807) is 36.4 Å². The minimum atomic E-state index is -0.599. The molecule has 4 heteroatoms. The summed E-state index contributed by atoms with van der Waals surface area (Å²) in [6, 6.07) is 18.0. The molecule has 0 aliphatic heterocycles. The minimum absolute atomic E-state index is 0.0390. The van der Waals surface area contributed by atoms with E-state index in [4.69, 9.17) is 11.6 Å². The number of halogens is 1. The van der Waals surface area contributed by atoms with E-state index in [1.807, 2.05) is 24.3 Å². The van der Waals surface area contributed by atoms with Crippen LogP contribution in [0.3, 0.4) is 0 Å². The average molecular weight is 352 g/mol. The van der Waals surface area contributed by atoms with Crippen molar-refractivity contribution in [2.75, 3.05) is 0 Å². The number of hydrogen-bond donors (Lipinski definition) is 0. The molecule has 2 aromatic carbocycles. The monoisotopic (exact) mass is 352 g/mol. The third-order valence-electron chi connectivity index (χ3n) is 2.72. The van der Waals surface area contributed by atoms with Crippen LogP contribution in [-0.2, 0) is 0 Å². The average Bonchev–Trinajstić information content (AvgIpc) is 2.53. The number of Topliss-reactive ketones (excluding diaryl/α,β-unsaturated/α-hetero) is 2. The molecule has 1 atom stereocenters. The van der Waals surface area contributed by atoms with E-state index in [-0.39, 0.29) is 26.5 Å². The summed E-state index contributed by atoms with van der Waals surface area (Å²) in [4.78, 5) is 24.0. The van der Waals surface area contributed by atoms with E-state index in [0.717, 1.165) is 0 Å². The van der Waals surface area contributed by atoms with E-state index in [9.17, 15) is 9.59 Å². The van der Waals surface area contributed by atoms with Crippen LogP contribution in [0.15, 0.2) is 60.7 Å². The summed E-state index contributed by atoms with van der Waals surface area (Å²) >= 11 is 5.87. The van der Waals surface area contributed by atoms with E-state index >= 15 is 0 Å². The normalized spacial score (nSPS) is 11.8. The van der Waals surface area contributed by atoms with Crippen molar-refractivity contribution in [1.82, 2.24) is 0 Å². The molecule has 0 aliphatic rings. The Morgan fingerprint density at radius 3 is 1.95 bits per heavy atom. The fourth-order valence-electron chi connectivity index (χ4n) is 1.67. The molecule has 0 radical (unpaired) electrons. The van der Waals surface area contributed by atoms with Gasteiger partial charge in [0.25, 0.3) is 0 Å². The van der Waals surface area contributed by atoms with Gasteiger partial charge in [-0.2, -0.15) is 0 Å². The number of carbonyl (C=O) groups is 2. The first-order chi connectivity index (χ1) is 9.68. The summed E-state index contributed by atoms with van der Waals surface area (Å²) < 4.78 is -0.599. The molecule has 0 saturated carbocycles. The Morgan fingerprint density at radius 1 is 0.900 bits per heavy atom.